The monoisotopic (exact) mass is 269 g/mol. The summed E-state index contributed by atoms with van der Waals surface area (Å²) in [5, 5.41) is 8.93. The Bertz CT molecular complexity index is 288. The van der Waals surface area contributed by atoms with Crippen molar-refractivity contribution in [1.29, 1.82) is 0 Å². The molecule has 0 aromatic rings. The fourth-order valence-corrected chi connectivity index (χ4v) is 3.27. The third kappa shape index (κ3) is 5.52. The molecule has 1 fully saturated rings. The molecule has 0 heterocycles. The first-order chi connectivity index (χ1) is 8.70. The summed E-state index contributed by atoms with van der Waals surface area (Å²) in [7, 11) is 2.05. The van der Waals surface area contributed by atoms with E-state index >= 15 is 0 Å². The number of carboxylic acid groups (broad SMARTS) is 1. The zero-order valence-electron chi connectivity index (χ0n) is 13.3. The van der Waals surface area contributed by atoms with E-state index in [1.54, 1.807) is 6.92 Å². The van der Waals surface area contributed by atoms with Crippen LogP contribution in [0.4, 0.5) is 0 Å². The van der Waals surface area contributed by atoms with Gasteiger partial charge in [-0.3, -0.25) is 4.79 Å². The largest absolute Gasteiger partial charge is 0.481 e. The summed E-state index contributed by atoms with van der Waals surface area (Å²) in [4.78, 5) is 13.0. The Hall–Kier alpha value is -0.570. The molecule has 1 N–H and O–H groups in total. The molecule has 19 heavy (non-hydrogen) atoms. The van der Waals surface area contributed by atoms with Gasteiger partial charge in [-0.1, -0.05) is 27.7 Å². The molecule has 0 aliphatic heterocycles. The Morgan fingerprint density at radius 3 is 2.21 bits per heavy atom. The second kappa shape index (κ2) is 6.74. The van der Waals surface area contributed by atoms with Crippen molar-refractivity contribution in [3.8, 4) is 0 Å². The van der Waals surface area contributed by atoms with Gasteiger partial charge in [-0.2, -0.15) is 0 Å². The Kier molecular flexibility index (Phi) is 5.84. The normalized spacial score (nSPS) is 26.4. The Labute approximate surface area is 118 Å². The standard InChI is InChI=1S/C16H31NO2/c1-12(15(18)19)10-17(5)11-13-6-8-14(9-7-13)16(2,3)4/h12-14H,6-11H2,1-5H3,(H,18,19). The summed E-state index contributed by atoms with van der Waals surface area (Å²) < 4.78 is 0. The van der Waals surface area contributed by atoms with Gasteiger partial charge in [0.2, 0.25) is 0 Å². The van der Waals surface area contributed by atoms with Crippen molar-refractivity contribution in [2.75, 3.05) is 20.1 Å². The van der Waals surface area contributed by atoms with E-state index in [9.17, 15) is 4.79 Å². The van der Waals surface area contributed by atoms with Crippen molar-refractivity contribution in [3.63, 3.8) is 0 Å². The molecule has 0 amide bonds. The van der Waals surface area contributed by atoms with Crippen molar-refractivity contribution in [1.82, 2.24) is 4.90 Å². The average Bonchev–Trinajstić information content (AvgIpc) is 2.28. The highest BCUT2D eigenvalue weighted by atomic mass is 16.4. The third-order valence-corrected chi connectivity index (χ3v) is 4.65. The maximum Gasteiger partial charge on any atom is 0.307 e. The predicted molar refractivity (Wildman–Crippen MR) is 79.2 cm³/mol. The van der Waals surface area contributed by atoms with Crippen LogP contribution in [0.15, 0.2) is 0 Å². The van der Waals surface area contributed by atoms with Crippen LogP contribution in [-0.4, -0.2) is 36.1 Å². The Balaban J connectivity index is 2.31. The van der Waals surface area contributed by atoms with Gasteiger partial charge in [0.1, 0.15) is 0 Å². The lowest BCUT2D eigenvalue weighted by Gasteiger charge is -2.38. The number of carbonyl (C=O) groups is 1. The molecular weight excluding hydrogens is 238 g/mol. The van der Waals surface area contributed by atoms with E-state index in [1.807, 2.05) is 0 Å². The van der Waals surface area contributed by atoms with Gasteiger partial charge in [0.15, 0.2) is 0 Å². The van der Waals surface area contributed by atoms with Crippen LogP contribution >= 0.6 is 0 Å². The van der Waals surface area contributed by atoms with Crippen molar-refractivity contribution < 1.29 is 9.90 Å². The number of carboxylic acids is 1. The first kappa shape index (κ1) is 16.5. The van der Waals surface area contributed by atoms with Crippen LogP contribution in [0.3, 0.4) is 0 Å². The predicted octanol–water partition coefficient (Wildman–Crippen LogP) is 3.49. The lowest BCUT2D eigenvalue weighted by atomic mass is 9.70. The first-order valence-corrected chi connectivity index (χ1v) is 7.61. The van der Waals surface area contributed by atoms with E-state index in [0.29, 0.717) is 12.0 Å². The molecule has 0 aromatic heterocycles. The van der Waals surface area contributed by atoms with Crippen LogP contribution in [0.5, 0.6) is 0 Å². The van der Waals surface area contributed by atoms with Gasteiger partial charge in [0.05, 0.1) is 5.92 Å². The van der Waals surface area contributed by atoms with Crippen LogP contribution in [0.2, 0.25) is 0 Å². The van der Waals surface area contributed by atoms with E-state index in [0.717, 1.165) is 18.4 Å². The molecule has 1 aliphatic rings. The molecule has 0 saturated heterocycles. The van der Waals surface area contributed by atoms with Gasteiger partial charge in [0, 0.05) is 13.1 Å². The van der Waals surface area contributed by atoms with Crippen LogP contribution in [-0.2, 0) is 4.79 Å². The van der Waals surface area contributed by atoms with E-state index in [4.69, 9.17) is 5.11 Å². The SMILES string of the molecule is CC(CN(C)CC1CCC(C(C)(C)C)CC1)C(=O)O. The van der Waals surface area contributed by atoms with Gasteiger partial charge in [-0.25, -0.2) is 0 Å². The number of hydrogen-bond donors (Lipinski definition) is 1. The highest BCUT2D eigenvalue weighted by Crippen LogP contribution is 2.39. The van der Waals surface area contributed by atoms with Gasteiger partial charge in [-0.05, 0) is 50.0 Å². The molecule has 0 bridgehead atoms. The minimum atomic E-state index is -0.691. The van der Waals surface area contributed by atoms with Gasteiger partial charge in [-0.15, -0.1) is 0 Å². The number of nitrogens with zero attached hydrogens (tertiary/aromatic N) is 1. The molecule has 1 saturated carbocycles. The molecule has 112 valence electrons. The lowest BCUT2D eigenvalue weighted by molar-refractivity contribution is -0.141. The Morgan fingerprint density at radius 2 is 1.79 bits per heavy atom. The van der Waals surface area contributed by atoms with Gasteiger partial charge >= 0.3 is 5.97 Å². The fraction of sp³-hybridized carbons (Fsp3) is 0.938. The summed E-state index contributed by atoms with van der Waals surface area (Å²) in [6.45, 7) is 10.5. The van der Waals surface area contributed by atoms with Crippen molar-refractivity contribution in [2.45, 2.75) is 53.4 Å². The second-order valence-corrected chi connectivity index (χ2v) is 7.54. The molecule has 0 radical (unpaired) electrons. The van der Waals surface area contributed by atoms with Crippen molar-refractivity contribution in [3.05, 3.63) is 0 Å². The first-order valence-electron chi connectivity index (χ1n) is 7.61. The minimum absolute atomic E-state index is 0.268. The van der Waals surface area contributed by atoms with E-state index in [-0.39, 0.29) is 5.92 Å². The molecule has 0 aromatic carbocycles. The second-order valence-electron chi connectivity index (χ2n) is 7.54. The summed E-state index contributed by atoms with van der Waals surface area (Å²) in [5.74, 6) is 0.649. The Morgan fingerprint density at radius 1 is 1.26 bits per heavy atom. The van der Waals surface area contributed by atoms with E-state index in [1.165, 1.54) is 25.7 Å². The molecule has 0 spiro atoms. The topological polar surface area (TPSA) is 40.5 Å². The van der Waals surface area contributed by atoms with E-state index < -0.39 is 5.97 Å². The number of aliphatic carboxylic acids is 1. The molecule has 1 atom stereocenters. The zero-order chi connectivity index (χ0) is 14.6. The molecule has 1 aliphatic carbocycles. The smallest absolute Gasteiger partial charge is 0.307 e. The highest BCUT2D eigenvalue weighted by Gasteiger charge is 2.30. The fourth-order valence-electron chi connectivity index (χ4n) is 3.27. The van der Waals surface area contributed by atoms with Crippen molar-refractivity contribution >= 4 is 5.97 Å². The molecule has 1 unspecified atom stereocenters. The summed E-state index contributed by atoms with van der Waals surface area (Å²) >= 11 is 0. The van der Waals surface area contributed by atoms with E-state index in [2.05, 4.69) is 32.7 Å². The summed E-state index contributed by atoms with van der Waals surface area (Å²) in [6.07, 6.45) is 5.26. The summed E-state index contributed by atoms with van der Waals surface area (Å²) in [6, 6.07) is 0. The highest BCUT2D eigenvalue weighted by molar-refractivity contribution is 5.69. The van der Waals surface area contributed by atoms with Crippen LogP contribution in [0.1, 0.15) is 53.4 Å². The molecule has 1 rings (SSSR count). The zero-order valence-corrected chi connectivity index (χ0v) is 13.3. The number of hydrogen-bond acceptors (Lipinski definition) is 2. The van der Waals surface area contributed by atoms with Crippen LogP contribution < -0.4 is 0 Å². The minimum Gasteiger partial charge on any atom is -0.481 e. The molecule has 3 nitrogen and oxygen atoms in total. The maximum absolute atomic E-state index is 10.9. The number of rotatable bonds is 5. The van der Waals surface area contributed by atoms with Crippen LogP contribution in [0, 0.1) is 23.2 Å². The average molecular weight is 269 g/mol. The lowest BCUT2D eigenvalue weighted by Crippen LogP contribution is -2.35. The quantitative estimate of drug-likeness (QED) is 0.830. The van der Waals surface area contributed by atoms with Crippen LogP contribution in [0.25, 0.3) is 0 Å². The molecule has 3 heteroatoms. The summed E-state index contributed by atoms with van der Waals surface area (Å²) in [5.41, 5.74) is 0.439. The maximum atomic E-state index is 10.9. The molecular formula is C16H31NO2. The van der Waals surface area contributed by atoms with Crippen molar-refractivity contribution in [2.24, 2.45) is 23.2 Å². The third-order valence-electron chi connectivity index (χ3n) is 4.65. The van der Waals surface area contributed by atoms with Gasteiger partial charge < -0.3 is 10.0 Å². The van der Waals surface area contributed by atoms with Gasteiger partial charge in [0.25, 0.3) is 0 Å².